The molecular formula is C17H17N3O. The highest BCUT2D eigenvalue weighted by molar-refractivity contribution is 5.99. The molecule has 0 amide bonds. The number of pyridine rings is 1. The molecule has 3 aromatic rings. The summed E-state index contributed by atoms with van der Waals surface area (Å²) in [6.45, 7) is 0. The first-order chi connectivity index (χ1) is 10.2. The molecule has 2 aromatic carbocycles. The van der Waals surface area contributed by atoms with Crippen LogP contribution in [0.5, 0.6) is 5.75 Å². The molecule has 106 valence electrons. The number of nitrogens with two attached hydrogens (primary N) is 1. The quantitative estimate of drug-likeness (QED) is 0.744. The average Bonchev–Trinajstić information content (AvgIpc) is 2.54. The standard InChI is InChI=1S/C17H17N3O/c1-20(12-5-3-6-13(11-12)21-2)16-9-10-19-17-14(16)7-4-8-15(17)18/h3-11H,18H2,1-2H3. The van der Waals surface area contributed by atoms with E-state index in [1.165, 1.54) is 0 Å². The summed E-state index contributed by atoms with van der Waals surface area (Å²) in [5, 5.41) is 1.03. The molecular weight excluding hydrogens is 262 g/mol. The summed E-state index contributed by atoms with van der Waals surface area (Å²) in [6, 6.07) is 15.8. The van der Waals surface area contributed by atoms with Crippen molar-refractivity contribution >= 4 is 28.0 Å². The van der Waals surface area contributed by atoms with Crippen LogP contribution in [0.4, 0.5) is 17.1 Å². The fraction of sp³-hybridized carbons (Fsp3) is 0.118. The normalized spacial score (nSPS) is 10.6. The molecule has 0 spiro atoms. The van der Waals surface area contributed by atoms with Crippen molar-refractivity contribution in [1.82, 2.24) is 4.98 Å². The Morgan fingerprint density at radius 1 is 1.10 bits per heavy atom. The molecule has 4 nitrogen and oxygen atoms in total. The monoisotopic (exact) mass is 279 g/mol. The van der Waals surface area contributed by atoms with Crippen LogP contribution in [-0.2, 0) is 0 Å². The number of benzene rings is 2. The Kier molecular flexibility index (Phi) is 3.36. The molecule has 3 rings (SSSR count). The number of rotatable bonds is 3. The Hall–Kier alpha value is -2.75. The third kappa shape index (κ3) is 2.36. The van der Waals surface area contributed by atoms with Crippen LogP contribution >= 0.6 is 0 Å². The third-order valence-electron chi connectivity index (χ3n) is 3.58. The van der Waals surface area contributed by atoms with Crippen molar-refractivity contribution in [2.75, 3.05) is 24.8 Å². The largest absolute Gasteiger partial charge is 0.497 e. The maximum absolute atomic E-state index is 6.01. The highest BCUT2D eigenvalue weighted by Crippen LogP contribution is 2.33. The zero-order valence-electron chi connectivity index (χ0n) is 12.1. The van der Waals surface area contributed by atoms with E-state index in [1.54, 1.807) is 13.3 Å². The maximum atomic E-state index is 6.01. The number of anilines is 3. The second kappa shape index (κ2) is 5.32. The molecule has 1 aromatic heterocycles. The number of hydrogen-bond acceptors (Lipinski definition) is 4. The van der Waals surface area contributed by atoms with E-state index in [2.05, 4.69) is 9.88 Å². The Balaban J connectivity index is 2.13. The van der Waals surface area contributed by atoms with Gasteiger partial charge in [-0.05, 0) is 24.3 Å². The summed E-state index contributed by atoms with van der Waals surface area (Å²) in [4.78, 5) is 6.48. The van der Waals surface area contributed by atoms with Crippen molar-refractivity contribution in [1.29, 1.82) is 0 Å². The molecule has 4 heteroatoms. The van der Waals surface area contributed by atoms with E-state index in [9.17, 15) is 0 Å². The van der Waals surface area contributed by atoms with Crippen molar-refractivity contribution in [3.8, 4) is 5.75 Å². The SMILES string of the molecule is COc1cccc(N(C)c2ccnc3c(N)cccc23)c1. The van der Waals surface area contributed by atoms with Crippen LogP contribution < -0.4 is 15.4 Å². The van der Waals surface area contributed by atoms with E-state index >= 15 is 0 Å². The molecule has 0 saturated carbocycles. The number of nitrogen functional groups attached to an aromatic ring is 1. The fourth-order valence-corrected chi connectivity index (χ4v) is 2.44. The van der Waals surface area contributed by atoms with Gasteiger partial charge in [0, 0.05) is 30.4 Å². The molecule has 0 fully saturated rings. The zero-order valence-corrected chi connectivity index (χ0v) is 12.1. The van der Waals surface area contributed by atoms with Crippen molar-refractivity contribution < 1.29 is 4.74 Å². The van der Waals surface area contributed by atoms with Gasteiger partial charge >= 0.3 is 0 Å². The molecule has 2 N–H and O–H groups in total. The second-order valence-corrected chi connectivity index (χ2v) is 4.83. The molecule has 0 atom stereocenters. The molecule has 0 radical (unpaired) electrons. The van der Waals surface area contributed by atoms with E-state index in [0.29, 0.717) is 5.69 Å². The van der Waals surface area contributed by atoms with E-state index in [-0.39, 0.29) is 0 Å². The minimum absolute atomic E-state index is 0.688. The predicted octanol–water partition coefficient (Wildman–Crippen LogP) is 3.59. The van der Waals surface area contributed by atoms with Crippen LogP contribution in [0, 0.1) is 0 Å². The maximum Gasteiger partial charge on any atom is 0.120 e. The van der Waals surface area contributed by atoms with Gasteiger partial charge in [0.1, 0.15) is 5.75 Å². The highest BCUT2D eigenvalue weighted by Gasteiger charge is 2.10. The van der Waals surface area contributed by atoms with Gasteiger partial charge in [-0.2, -0.15) is 0 Å². The smallest absolute Gasteiger partial charge is 0.120 e. The summed E-state index contributed by atoms with van der Waals surface area (Å²) in [5.74, 6) is 0.831. The van der Waals surface area contributed by atoms with Crippen LogP contribution in [0.15, 0.2) is 54.7 Å². The molecule has 0 aliphatic heterocycles. The summed E-state index contributed by atoms with van der Waals surface area (Å²) in [7, 11) is 3.69. The topological polar surface area (TPSA) is 51.4 Å². The Morgan fingerprint density at radius 3 is 2.71 bits per heavy atom. The number of para-hydroxylation sites is 1. The number of aromatic nitrogens is 1. The van der Waals surface area contributed by atoms with Gasteiger partial charge in [-0.25, -0.2) is 0 Å². The van der Waals surface area contributed by atoms with Gasteiger partial charge in [-0.15, -0.1) is 0 Å². The molecule has 0 aliphatic carbocycles. The van der Waals surface area contributed by atoms with Crippen LogP contribution in [-0.4, -0.2) is 19.1 Å². The third-order valence-corrected chi connectivity index (χ3v) is 3.58. The van der Waals surface area contributed by atoms with E-state index in [1.807, 2.05) is 55.6 Å². The van der Waals surface area contributed by atoms with Crippen LogP contribution in [0.2, 0.25) is 0 Å². The van der Waals surface area contributed by atoms with Crippen molar-refractivity contribution in [3.05, 3.63) is 54.7 Å². The van der Waals surface area contributed by atoms with E-state index in [4.69, 9.17) is 10.5 Å². The van der Waals surface area contributed by atoms with Gasteiger partial charge in [-0.3, -0.25) is 4.98 Å². The minimum Gasteiger partial charge on any atom is -0.497 e. The van der Waals surface area contributed by atoms with Gasteiger partial charge in [0.2, 0.25) is 0 Å². The highest BCUT2D eigenvalue weighted by atomic mass is 16.5. The predicted molar refractivity (Wildman–Crippen MR) is 87.2 cm³/mol. The molecule has 0 aliphatic rings. The lowest BCUT2D eigenvalue weighted by atomic mass is 10.1. The van der Waals surface area contributed by atoms with Gasteiger partial charge in [0.25, 0.3) is 0 Å². The molecule has 1 heterocycles. The Bertz CT molecular complexity index is 786. The second-order valence-electron chi connectivity index (χ2n) is 4.83. The fourth-order valence-electron chi connectivity index (χ4n) is 2.44. The lowest BCUT2D eigenvalue weighted by Crippen LogP contribution is -2.10. The van der Waals surface area contributed by atoms with Crippen LogP contribution in [0.3, 0.4) is 0 Å². The number of hydrogen-bond donors (Lipinski definition) is 1. The molecule has 0 bridgehead atoms. The lowest BCUT2D eigenvalue weighted by Gasteiger charge is -2.21. The number of methoxy groups -OCH3 is 1. The minimum atomic E-state index is 0.688. The van der Waals surface area contributed by atoms with Gasteiger partial charge in [0.15, 0.2) is 0 Å². The van der Waals surface area contributed by atoms with Gasteiger partial charge < -0.3 is 15.4 Å². The summed E-state index contributed by atoms with van der Waals surface area (Å²) in [6.07, 6.45) is 1.78. The summed E-state index contributed by atoms with van der Waals surface area (Å²) < 4.78 is 5.29. The zero-order chi connectivity index (χ0) is 14.8. The van der Waals surface area contributed by atoms with Gasteiger partial charge in [-0.1, -0.05) is 18.2 Å². The molecule has 21 heavy (non-hydrogen) atoms. The van der Waals surface area contributed by atoms with Crippen LogP contribution in [0.1, 0.15) is 0 Å². The first-order valence-electron chi connectivity index (χ1n) is 6.71. The Morgan fingerprint density at radius 2 is 1.90 bits per heavy atom. The van der Waals surface area contributed by atoms with Crippen molar-refractivity contribution in [2.45, 2.75) is 0 Å². The first kappa shape index (κ1) is 13.2. The van der Waals surface area contributed by atoms with Gasteiger partial charge in [0.05, 0.1) is 24.0 Å². The average molecular weight is 279 g/mol. The summed E-state index contributed by atoms with van der Waals surface area (Å²) in [5.41, 5.74) is 9.62. The number of fused-ring (bicyclic) bond motifs is 1. The lowest BCUT2D eigenvalue weighted by molar-refractivity contribution is 0.415. The number of nitrogens with zero attached hydrogens (tertiary/aromatic N) is 2. The number of ether oxygens (including phenoxy) is 1. The van der Waals surface area contributed by atoms with E-state index < -0.39 is 0 Å². The Labute approximate surface area is 123 Å². The van der Waals surface area contributed by atoms with Crippen molar-refractivity contribution in [2.24, 2.45) is 0 Å². The molecule has 0 saturated heterocycles. The summed E-state index contributed by atoms with van der Waals surface area (Å²) >= 11 is 0. The van der Waals surface area contributed by atoms with Crippen LogP contribution in [0.25, 0.3) is 10.9 Å². The first-order valence-corrected chi connectivity index (χ1v) is 6.71. The molecule has 0 unspecified atom stereocenters. The van der Waals surface area contributed by atoms with Crippen molar-refractivity contribution in [3.63, 3.8) is 0 Å². The van der Waals surface area contributed by atoms with E-state index in [0.717, 1.165) is 28.0 Å².